The average Bonchev–Trinajstić information content (AvgIpc) is 2.50. The molecule has 2 N–H and O–H groups in total. The van der Waals surface area contributed by atoms with Gasteiger partial charge in [-0.2, -0.15) is 0 Å². The SMILES string of the molecule is COC(CNC(=O)C1COCCN1)c1ccccc1Cl. The molecule has 20 heavy (non-hydrogen) atoms. The number of morpholine rings is 1. The molecule has 0 aliphatic carbocycles. The Kier molecular flexibility index (Phi) is 5.79. The van der Waals surface area contributed by atoms with Crippen LogP contribution >= 0.6 is 11.6 Å². The Labute approximate surface area is 123 Å². The molecule has 1 aliphatic heterocycles. The predicted octanol–water partition coefficient (Wildman–Crippen LogP) is 1.13. The highest BCUT2D eigenvalue weighted by molar-refractivity contribution is 6.31. The monoisotopic (exact) mass is 298 g/mol. The molecular weight excluding hydrogens is 280 g/mol. The lowest BCUT2D eigenvalue weighted by molar-refractivity contribution is -0.126. The molecule has 5 nitrogen and oxygen atoms in total. The fourth-order valence-corrected chi connectivity index (χ4v) is 2.36. The van der Waals surface area contributed by atoms with Gasteiger partial charge in [-0.05, 0) is 6.07 Å². The van der Waals surface area contributed by atoms with Gasteiger partial charge in [0.1, 0.15) is 12.1 Å². The molecule has 1 aliphatic rings. The molecule has 1 aromatic rings. The molecule has 0 radical (unpaired) electrons. The van der Waals surface area contributed by atoms with Crippen LogP contribution in [-0.4, -0.2) is 45.4 Å². The number of carbonyl (C=O) groups is 1. The van der Waals surface area contributed by atoms with Gasteiger partial charge in [0.2, 0.25) is 5.91 Å². The number of rotatable bonds is 5. The van der Waals surface area contributed by atoms with Gasteiger partial charge in [0.05, 0.1) is 13.2 Å². The second-order valence-electron chi connectivity index (χ2n) is 4.57. The van der Waals surface area contributed by atoms with Gasteiger partial charge >= 0.3 is 0 Å². The van der Waals surface area contributed by atoms with Crippen LogP contribution in [0.3, 0.4) is 0 Å². The first-order chi connectivity index (χ1) is 9.72. The van der Waals surface area contributed by atoms with Crippen molar-refractivity contribution in [3.63, 3.8) is 0 Å². The van der Waals surface area contributed by atoms with Crippen LogP contribution in [0.5, 0.6) is 0 Å². The van der Waals surface area contributed by atoms with E-state index in [2.05, 4.69) is 10.6 Å². The van der Waals surface area contributed by atoms with Crippen molar-refractivity contribution in [2.75, 3.05) is 33.4 Å². The fraction of sp³-hybridized carbons (Fsp3) is 0.500. The first kappa shape index (κ1) is 15.3. The van der Waals surface area contributed by atoms with Crippen LogP contribution < -0.4 is 10.6 Å². The number of carbonyl (C=O) groups excluding carboxylic acids is 1. The highest BCUT2D eigenvalue weighted by Gasteiger charge is 2.22. The topological polar surface area (TPSA) is 59.6 Å². The minimum absolute atomic E-state index is 0.0844. The van der Waals surface area contributed by atoms with E-state index in [9.17, 15) is 4.79 Å². The average molecular weight is 299 g/mol. The summed E-state index contributed by atoms with van der Waals surface area (Å²) in [6.07, 6.45) is -0.267. The van der Waals surface area contributed by atoms with E-state index >= 15 is 0 Å². The Bertz CT molecular complexity index is 450. The summed E-state index contributed by atoms with van der Waals surface area (Å²) in [5, 5.41) is 6.60. The second kappa shape index (κ2) is 7.59. The number of hydrogen-bond donors (Lipinski definition) is 2. The van der Waals surface area contributed by atoms with E-state index in [1.165, 1.54) is 0 Å². The molecule has 1 heterocycles. The molecule has 0 bridgehead atoms. The van der Waals surface area contributed by atoms with E-state index in [-0.39, 0.29) is 18.1 Å². The van der Waals surface area contributed by atoms with Gasteiger partial charge in [0.25, 0.3) is 0 Å². The van der Waals surface area contributed by atoms with Crippen molar-refractivity contribution in [2.45, 2.75) is 12.1 Å². The number of halogens is 1. The minimum Gasteiger partial charge on any atom is -0.378 e. The van der Waals surface area contributed by atoms with Gasteiger partial charge in [-0.15, -0.1) is 0 Å². The van der Waals surface area contributed by atoms with Crippen LogP contribution in [0.15, 0.2) is 24.3 Å². The summed E-state index contributed by atoms with van der Waals surface area (Å²) in [5.74, 6) is -0.0844. The molecule has 6 heteroatoms. The molecule has 1 saturated heterocycles. The van der Waals surface area contributed by atoms with Gasteiger partial charge in [0, 0.05) is 30.8 Å². The zero-order chi connectivity index (χ0) is 14.4. The van der Waals surface area contributed by atoms with Gasteiger partial charge < -0.3 is 20.1 Å². The molecule has 2 unspecified atom stereocenters. The maximum Gasteiger partial charge on any atom is 0.239 e. The standard InChI is InChI=1S/C14H19ClN2O3/c1-19-13(10-4-2-3-5-11(10)15)8-17-14(18)12-9-20-7-6-16-12/h2-5,12-13,16H,6-9H2,1H3,(H,17,18). The fourth-order valence-electron chi connectivity index (χ4n) is 2.11. The number of amides is 1. The smallest absolute Gasteiger partial charge is 0.239 e. The third-order valence-corrected chi connectivity index (χ3v) is 3.58. The van der Waals surface area contributed by atoms with Gasteiger partial charge in [0.15, 0.2) is 0 Å². The van der Waals surface area contributed by atoms with Crippen LogP contribution in [0.25, 0.3) is 0 Å². The third kappa shape index (κ3) is 3.93. The Morgan fingerprint density at radius 1 is 1.60 bits per heavy atom. The number of hydrogen-bond acceptors (Lipinski definition) is 4. The number of ether oxygens (including phenoxy) is 2. The van der Waals surface area contributed by atoms with Crippen LogP contribution in [0.1, 0.15) is 11.7 Å². The summed E-state index contributed by atoms with van der Waals surface area (Å²) in [7, 11) is 1.60. The number of nitrogens with one attached hydrogen (secondary N) is 2. The molecule has 0 saturated carbocycles. The lowest BCUT2D eigenvalue weighted by Crippen LogP contribution is -2.51. The summed E-state index contributed by atoms with van der Waals surface area (Å²) in [6, 6.07) is 7.16. The van der Waals surface area contributed by atoms with E-state index in [0.29, 0.717) is 31.3 Å². The summed E-state index contributed by atoms with van der Waals surface area (Å²) in [6.45, 7) is 2.10. The molecular formula is C14H19ClN2O3. The van der Waals surface area contributed by atoms with E-state index in [4.69, 9.17) is 21.1 Å². The zero-order valence-corrected chi connectivity index (χ0v) is 12.2. The van der Waals surface area contributed by atoms with E-state index < -0.39 is 0 Å². The van der Waals surface area contributed by atoms with Crippen molar-refractivity contribution >= 4 is 17.5 Å². The van der Waals surface area contributed by atoms with E-state index in [1.807, 2.05) is 18.2 Å². The van der Waals surface area contributed by atoms with Crippen molar-refractivity contribution in [1.82, 2.24) is 10.6 Å². The summed E-state index contributed by atoms with van der Waals surface area (Å²) < 4.78 is 10.7. The van der Waals surface area contributed by atoms with E-state index in [1.54, 1.807) is 13.2 Å². The summed E-state index contributed by atoms with van der Waals surface area (Å²) >= 11 is 6.14. The third-order valence-electron chi connectivity index (χ3n) is 3.24. The molecule has 110 valence electrons. The van der Waals surface area contributed by atoms with Crippen molar-refractivity contribution in [3.05, 3.63) is 34.9 Å². The Hall–Kier alpha value is -1.14. The van der Waals surface area contributed by atoms with Crippen LogP contribution in [0.4, 0.5) is 0 Å². The highest BCUT2D eigenvalue weighted by atomic mass is 35.5. The Morgan fingerprint density at radius 3 is 3.05 bits per heavy atom. The largest absolute Gasteiger partial charge is 0.378 e. The first-order valence-electron chi connectivity index (χ1n) is 6.58. The Morgan fingerprint density at radius 2 is 2.40 bits per heavy atom. The van der Waals surface area contributed by atoms with Crippen LogP contribution in [0, 0.1) is 0 Å². The molecule has 1 amide bonds. The normalized spacial score (nSPS) is 20.4. The maximum absolute atomic E-state index is 12.0. The summed E-state index contributed by atoms with van der Waals surface area (Å²) in [4.78, 5) is 12.0. The molecule has 1 aromatic carbocycles. The molecule has 0 aromatic heterocycles. The van der Waals surface area contributed by atoms with Crippen molar-refractivity contribution in [1.29, 1.82) is 0 Å². The summed E-state index contributed by atoms with van der Waals surface area (Å²) in [5.41, 5.74) is 0.866. The molecule has 2 rings (SSSR count). The second-order valence-corrected chi connectivity index (χ2v) is 4.98. The zero-order valence-electron chi connectivity index (χ0n) is 11.4. The van der Waals surface area contributed by atoms with Crippen LogP contribution in [-0.2, 0) is 14.3 Å². The Balaban J connectivity index is 1.90. The number of benzene rings is 1. The molecule has 0 spiro atoms. The minimum atomic E-state index is -0.299. The van der Waals surface area contributed by atoms with Gasteiger partial charge in [-0.1, -0.05) is 29.8 Å². The van der Waals surface area contributed by atoms with Crippen molar-refractivity contribution < 1.29 is 14.3 Å². The molecule has 1 fully saturated rings. The lowest BCUT2D eigenvalue weighted by atomic mass is 10.1. The lowest BCUT2D eigenvalue weighted by Gasteiger charge is -2.24. The first-order valence-corrected chi connectivity index (χ1v) is 6.96. The molecule has 2 atom stereocenters. The van der Waals surface area contributed by atoms with E-state index in [0.717, 1.165) is 5.56 Å². The van der Waals surface area contributed by atoms with Crippen molar-refractivity contribution in [3.8, 4) is 0 Å². The van der Waals surface area contributed by atoms with Gasteiger partial charge in [-0.25, -0.2) is 0 Å². The quantitative estimate of drug-likeness (QED) is 0.856. The highest BCUT2D eigenvalue weighted by Crippen LogP contribution is 2.24. The van der Waals surface area contributed by atoms with Crippen molar-refractivity contribution in [2.24, 2.45) is 0 Å². The predicted molar refractivity (Wildman–Crippen MR) is 76.8 cm³/mol. The number of methoxy groups -OCH3 is 1. The van der Waals surface area contributed by atoms with Crippen LogP contribution in [0.2, 0.25) is 5.02 Å². The van der Waals surface area contributed by atoms with Gasteiger partial charge in [-0.3, -0.25) is 4.79 Å². The maximum atomic E-state index is 12.0.